The highest BCUT2D eigenvalue weighted by Crippen LogP contribution is 2.25. The van der Waals surface area contributed by atoms with Crippen LogP contribution >= 0.6 is 23.9 Å². The highest BCUT2D eigenvalue weighted by Gasteiger charge is 2.28. The lowest BCUT2D eigenvalue weighted by atomic mass is 9.92. The summed E-state index contributed by atoms with van der Waals surface area (Å²) >= 11 is 1.06. The highest BCUT2D eigenvalue weighted by atomic mass is 35.5. The minimum atomic E-state index is -0.110. The SMILES string of the molecule is CN(C(=O)c1nnsc1N)C1CCC1.Cl. The molecule has 0 unspecified atom stereocenters. The first-order chi connectivity index (χ1) is 6.70. The van der Waals surface area contributed by atoms with Gasteiger partial charge >= 0.3 is 0 Å². The molecule has 15 heavy (non-hydrogen) atoms. The molecule has 1 aromatic rings. The molecule has 0 spiro atoms. The van der Waals surface area contributed by atoms with Crippen molar-refractivity contribution in [1.82, 2.24) is 14.5 Å². The quantitative estimate of drug-likeness (QED) is 0.853. The number of hydrogen-bond acceptors (Lipinski definition) is 5. The standard InChI is InChI=1S/C8H12N4OS.ClH/c1-12(5-3-2-4-5)8(13)6-7(9)14-11-10-6;/h5H,2-4,9H2,1H3;1H. The monoisotopic (exact) mass is 248 g/mol. The predicted molar refractivity (Wildman–Crippen MR) is 61.3 cm³/mol. The van der Waals surface area contributed by atoms with Gasteiger partial charge in [-0.15, -0.1) is 17.5 Å². The zero-order chi connectivity index (χ0) is 10.1. The number of nitrogens with two attached hydrogens (primary N) is 1. The van der Waals surface area contributed by atoms with E-state index in [9.17, 15) is 4.79 Å². The Kier molecular flexibility index (Phi) is 3.87. The maximum atomic E-state index is 11.8. The van der Waals surface area contributed by atoms with Gasteiger partial charge in [-0.3, -0.25) is 4.79 Å². The number of nitrogen functional groups attached to an aromatic ring is 1. The van der Waals surface area contributed by atoms with E-state index >= 15 is 0 Å². The fraction of sp³-hybridized carbons (Fsp3) is 0.625. The number of anilines is 1. The molecule has 84 valence electrons. The van der Waals surface area contributed by atoms with Crippen molar-refractivity contribution in [3.8, 4) is 0 Å². The molecule has 5 nitrogen and oxygen atoms in total. The van der Waals surface area contributed by atoms with Gasteiger partial charge in [0.15, 0.2) is 5.69 Å². The molecule has 1 aliphatic rings. The van der Waals surface area contributed by atoms with Gasteiger partial charge in [0.25, 0.3) is 5.91 Å². The molecule has 0 aromatic carbocycles. The fourth-order valence-corrected chi connectivity index (χ4v) is 1.88. The summed E-state index contributed by atoms with van der Waals surface area (Å²) in [4.78, 5) is 13.5. The minimum Gasteiger partial charge on any atom is -0.387 e. The second-order valence-electron chi connectivity index (χ2n) is 3.49. The van der Waals surface area contributed by atoms with Crippen molar-refractivity contribution in [2.24, 2.45) is 0 Å². The Labute approximate surface area is 98.2 Å². The van der Waals surface area contributed by atoms with Gasteiger partial charge in [-0.1, -0.05) is 4.49 Å². The van der Waals surface area contributed by atoms with Crippen LogP contribution in [0.3, 0.4) is 0 Å². The van der Waals surface area contributed by atoms with Gasteiger partial charge in [-0.2, -0.15) is 0 Å². The van der Waals surface area contributed by atoms with Crippen LogP contribution in [0.15, 0.2) is 0 Å². The van der Waals surface area contributed by atoms with Crippen molar-refractivity contribution in [2.45, 2.75) is 25.3 Å². The summed E-state index contributed by atoms with van der Waals surface area (Å²) in [6, 6.07) is 0.364. The van der Waals surface area contributed by atoms with E-state index in [1.807, 2.05) is 0 Å². The number of nitrogens with zero attached hydrogens (tertiary/aromatic N) is 3. The van der Waals surface area contributed by atoms with Crippen molar-refractivity contribution in [2.75, 3.05) is 12.8 Å². The molecule has 1 aromatic heterocycles. The van der Waals surface area contributed by atoms with Crippen LogP contribution in [-0.2, 0) is 0 Å². The molecule has 1 saturated carbocycles. The molecule has 1 fully saturated rings. The molecule has 1 heterocycles. The number of halogens is 1. The average molecular weight is 249 g/mol. The Hall–Kier alpha value is -0.880. The summed E-state index contributed by atoms with van der Waals surface area (Å²) in [5.41, 5.74) is 5.88. The van der Waals surface area contributed by atoms with Crippen LogP contribution in [0, 0.1) is 0 Å². The first kappa shape index (κ1) is 12.2. The van der Waals surface area contributed by atoms with Gasteiger partial charge in [0.05, 0.1) is 0 Å². The summed E-state index contributed by atoms with van der Waals surface area (Å²) in [5.74, 6) is -0.110. The van der Waals surface area contributed by atoms with Crippen molar-refractivity contribution >= 4 is 34.8 Å². The largest absolute Gasteiger partial charge is 0.387 e. The van der Waals surface area contributed by atoms with Crippen LogP contribution in [0.4, 0.5) is 5.00 Å². The van der Waals surface area contributed by atoms with Crippen LogP contribution in [0.25, 0.3) is 0 Å². The molecule has 1 amide bonds. The number of hydrogen-bond donors (Lipinski definition) is 1. The average Bonchev–Trinajstić information content (AvgIpc) is 2.47. The summed E-state index contributed by atoms with van der Waals surface area (Å²) in [6.45, 7) is 0. The lowest BCUT2D eigenvalue weighted by molar-refractivity contribution is 0.0647. The summed E-state index contributed by atoms with van der Waals surface area (Å²) < 4.78 is 3.65. The third kappa shape index (κ3) is 2.21. The molecule has 2 N–H and O–H groups in total. The van der Waals surface area contributed by atoms with E-state index in [2.05, 4.69) is 9.59 Å². The maximum Gasteiger partial charge on any atom is 0.277 e. The second-order valence-corrected chi connectivity index (χ2v) is 4.27. The molecule has 2 rings (SSSR count). The van der Waals surface area contributed by atoms with Gasteiger partial charge in [-0.25, -0.2) is 0 Å². The third-order valence-electron chi connectivity index (χ3n) is 2.66. The van der Waals surface area contributed by atoms with Crippen molar-refractivity contribution in [3.63, 3.8) is 0 Å². The topological polar surface area (TPSA) is 72.1 Å². The molecule has 1 aliphatic carbocycles. The lowest BCUT2D eigenvalue weighted by Crippen LogP contribution is -2.41. The maximum absolute atomic E-state index is 11.8. The van der Waals surface area contributed by atoms with E-state index in [0.29, 0.717) is 16.7 Å². The number of carbonyl (C=O) groups is 1. The Morgan fingerprint density at radius 2 is 2.27 bits per heavy atom. The Morgan fingerprint density at radius 1 is 1.60 bits per heavy atom. The van der Waals surface area contributed by atoms with Gasteiger partial charge < -0.3 is 10.6 Å². The first-order valence-electron chi connectivity index (χ1n) is 4.55. The molecular weight excluding hydrogens is 236 g/mol. The lowest BCUT2D eigenvalue weighted by Gasteiger charge is -2.34. The van der Waals surface area contributed by atoms with Crippen LogP contribution in [-0.4, -0.2) is 33.5 Å². The third-order valence-corrected chi connectivity index (χ3v) is 3.21. The highest BCUT2D eigenvalue weighted by molar-refractivity contribution is 7.10. The van der Waals surface area contributed by atoms with Gasteiger partial charge in [0, 0.05) is 24.6 Å². The van der Waals surface area contributed by atoms with Crippen molar-refractivity contribution in [1.29, 1.82) is 0 Å². The van der Waals surface area contributed by atoms with Gasteiger partial charge in [0.1, 0.15) is 5.00 Å². The smallest absolute Gasteiger partial charge is 0.277 e. The van der Waals surface area contributed by atoms with Crippen LogP contribution in [0.2, 0.25) is 0 Å². The summed E-state index contributed by atoms with van der Waals surface area (Å²) in [5, 5.41) is 4.13. The summed E-state index contributed by atoms with van der Waals surface area (Å²) in [7, 11) is 1.80. The molecule has 7 heteroatoms. The van der Waals surface area contributed by atoms with Crippen molar-refractivity contribution < 1.29 is 4.79 Å². The molecular formula is C8H13ClN4OS. The van der Waals surface area contributed by atoms with E-state index < -0.39 is 0 Å². The number of carbonyl (C=O) groups excluding carboxylic acids is 1. The Bertz CT molecular complexity index is 352. The fourth-order valence-electron chi connectivity index (χ4n) is 1.45. The Morgan fingerprint density at radius 3 is 2.67 bits per heavy atom. The van der Waals surface area contributed by atoms with Crippen molar-refractivity contribution in [3.05, 3.63) is 5.69 Å². The first-order valence-corrected chi connectivity index (χ1v) is 5.32. The second kappa shape index (κ2) is 4.76. The van der Waals surface area contributed by atoms with Crippen LogP contribution in [0.5, 0.6) is 0 Å². The minimum absolute atomic E-state index is 0. The number of rotatable bonds is 2. The molecule has 0 bridgehead atoms. The van der Waals surface area contributed by atoms with Crippen LogP contribution in [0.1, 0.15) is 29.8 Å². The van der Waals surface area contributed by atoms with Crippen LogP contribution < -0.4 is 5.73 Å². The molecule has 0 radical (unpaired) electrons. The number of amides is 1. The zero-order valence-corrected chi connectivity index (χ0v) is 9.98. The number of aromatic nitrogens is 2. The molecule has 0 atom stereocenters. The normalized spacial score (nSPS) is 15.3. The van der Waals surface area contributed by atoms with E-state index in [4.69, 9.17) is 5.73 Å². The van der Waals surface area contributed by atoms with Gasteiger partial charge in [0.2, 0.25) is 0 Å². The van der Waals surface area contributed by atoms with Gasteiger partial charge in [-0.05, 0) is 19.3 Å². The van der Waals surface area contributed by atoms with E-state index in [1.54, 1.807) is 11.9 Å². The zero-order valence-electron chi connectivity index (χ0n) is 8.34. The van der Waals surface area contributed by atoms with E-state index in [1.165, 1.54) is 6.42 Å². The predicted octanol–water partition coefficient (Wildman–Crippen LogP) is 1.17. The van der Waals surface area contributed by atoms with E-state index in [-0.39, 0.29) is 18.3 Å². The summed E-state index contributed by atoms with van der Waals surface area (Å²) in [6.07, 6.45) is 3.37. The Balaban J connectivity index is 0.00000112. The van der Waals surface area contributed by atoms with E-state index in [0.717, 1.165) is 24.4 Å². The molecule has 0 aliphatic heterocycles. The molecule has 0 saturated heterocycles.